The van der Waals surface area contributed by atoms with Crippen LogP contribution in [0.15, 0.2) is 54.6 Å². The second-order valence-corrected chi connectivity index (χ2v) is 7.02. The molecule has 0 saturated heterocycles. The van der Waals surface area contributed by atoms with Crippen LogP contribution in [-0.4, -0.2) is 46.5 Å². The lowest BCUT2D eigenvalue weighted by Crippen LogP contribution is -2.45. The average Bonchev–Trinajstić information content (AvgIpc) is 3.15. The zero-order chi connectivity index (χ0) is 19.9. The highest BCUT2D eigenvalue weighted by atomic mass is 16.2. The number of hydrogen-bond donors (Lipinski definition) is 2. The van der Waals surface area contributed by atoms with Crippen LogP contribution in [0, 0.1) is 0 Å². The zero-order valence-corrected chi connectivity index (χ0v) is 16.3. The number of aromatic amines is 1. The Morgan fingerprint density at radius 3 is 2.57 bits per heavy atom. The number of aromatic nitrogens is 2. The van der Waals surface area contributed by atoms with Crippen LogP contribution in [-0.2, 0) is 11.2 Å². The van der Waals surface area contributed by atoms with Gasteiger partial charge in [0.25, 0.3) is 5.91 Å². The number of fused-ring (bicyclic) bond motifs is 1. The lowest BCUT2D eigenvalue weighted by Gasteiger charge is -2.22. The molecular weight excluding hydrogens is 352 g/mol. The molecule has 0 fully saturated rings. The Kier molecular flexibility index (Phi) is 6.42. The summed E-state index contributed by atoms with van der Waals surface area (Å²) in [6.07, 6.45) is 2.94. The highest BCUT2D eigenvalue weighted by molar-refractivity contribution is 6.05. The first-order chi connectivity index (χ1) is 13.6. The molecule has 0 radical (unpaired) electrons. The number of carbonyl (C=O) groups is 2. The van der Waals surface area contributed by atoms with Gasteiger partial charge in [0.15, 0.2) is 5.69 Å². The maximum absolute atomic E-state index is 12.6. The molecule has 0 bridgehead atoms. The Morgan fingerprint density at radius 2 is 1.79 bits per heavy atom. The van der Waals surface area contributed by atoms with Gasteiger partial charge in [0.1, 0.15) is 6.04 Å². The maximum atomic E-state index is 12.6. The summed E-state index contributed by atoms with van der Waals surface area (Å²) in [5.41, 5.74) is 2.41. The fourth-order valence-electron chi connectivity index (χ4n) is 3.23. The quantitative estimate of drug-likeness (QED) is 0.591. The molecule has 28 heavy (non-hydrogen) atoms. The van der Waals surface area contributed by atoms with E-state index in [1.807, 2.05) is 42.5 Å². The van der Waals surface area contributed by atoms with Crippen molar-refractivity contribution in [3.8, 4) is 0 Å². The minimum absolute atomic E-state index is 0.104. The molecule has 1 heterocycles. The number of nitrogens with one attached hydrogen (secondary N) is 2. The molecule has 2 aromatic carbocycles. The lowest BCUT2D eigenvalue weighted by atomic mass is 10.1. The molecule has 0 spiro atoms. The number of aryl methyl sites for hydroxylation is 1. The highest BCUT2D eigenvalue weighted by Gasteiger charge is 2.22. The fourth-order valence-corrected chi connectivity index (χ4v) is 3.23. The predicted molar refractivity (Wildman–Crippen MR) is 110 cm³/mol. The molecule has 0 aliphatic heterocycles. The molecule has 3 aromatic rings. The molecule has 0 saturated carbocycles. The SMILES string of the molecule is CC(NC(=O)c1n[nH]c2ccccc12)C(=O)N(C)CCCCc1ccccc1. The number of hydrogen-bond acceptors (Lipinski definition) is 3. The first-order valence-corrected chi connectivity index (χ1v) is 9.59. The van der Waals surface area contributed by atoms with Crippen LogP contribution in [0.25, 0.3) is 10.9 Å². The summed E-state index contributed by atoms with van der Waals surface area (Å²) >= 11 is 0. The number of benzene rings is 2. The van der Waals surface area contributed by atoms with Gasteiger partial charge in [-0.3, -0.25) is 14.7 Å². The lowest BCUT2D eigenvalue weighted by molar-refractivity contribution is -0.131. The van der Waals surface area contributed by atoms with E-state index in [0.717, 1.165) is 30.2 Å². The molecule has 6 nitrogen and oxygen atoms in total. The molecule has 146 valence electrons. The van der Waals surface area contributed by atoms with Crippen molar-refractivity contribution >= 4 is 22.7 Å². The molecule has 2 amide bonds. The van der Waals surface area contributed by atoms with Crippen molar-refractivity contribution in [1.82, 2.24) is 20.4 Å². The van der Waals surface area contributed by atoms with Gasteiger partial charge in [0.2, 0.25) is 5.91 Å². The van der Waals surface area contributed by atoms with Crippen LogP contribution in [0.1, 0.15) is 35.8 Å². The van der Waals surface area contributed by atoms with Gasteiger partial charge in [-0.25, -0.2) is 0 Å². The minimum Gasteiger partial charge on any atom is -0.344 e. The second kappa shape index (κ2) is 9.17. The largest absolute Gasteiger partial charge is 0.344 e. The normalized spacial score (nSPS) is 11.9. The third kappa shape index (κ3) is 4.76. The minimum atomic E-state index is -0.609. The van der Waals surface area contributed by atoms with E-state index >= 15 is 0 Å². The molecule has 0 aliphatic carbocycles. The van der Waals surface area contributed by atoms with E-state index in [1.165, 1.54) is 5.56 Å². The summed E-state index contributed by atoms with van der Waals surface area (Å²) in [4.78, 5) is 26.7. The van der Waals surface area contributed by atoms with Crippen molar-refractivity contribution in [2.45, 2.75) is 32.2 Å². The monoisotopic (exact) mass is 378 g/mol. The third-order valence-electron chi connectivity index (χ3n) is 4.83. The summed E-state index contributed by atoms with van der Waals surface area (Å²) in [5, 5.41) is 10.4. The number of nitrogens with zero attached hydrogens (tertiary/aromatic N) is 2. The Hall–Kier alpha value is -3.15. The van der Waals surface area contributed by atoms with Crippen LogP contribution in [0.4, 0.5) is 0 Å². The van der Waals surface area contributed by atoms with Crippen molar-refractivity contribution in [2.75, 3.05) is 13.6 Å². The Morgan fingerprint density at radius 1 is 1.07 bits per heavy atom. The number of para-hydroxylation sites is 1. The number of likely N-dealkylation sites (N-methyl/N-ethyl adjacent to an activating group) is 1. The van der Waals surface area contributed by atoms with Crippen molar-refractivity contribution in [3.05, 3.63) is 65.9 Å². The summed E-state index contributed by atoms with van der Waals surface area (Å²) in [5.74, 6) is -0.455. The number of amides is 2. The third-order valence-corrected chi connectivity index (χ3v) is 4.83. The van der Waals surface area contributed by atoms with Crippen LogP contribution in [0.2, 0.25) is 0 Å². The predicted octanol–water partition coefficient (Wildman–Crippen LogP) is 3.16. The van der Waals surface area contributed by atoms with Crippen molar-refractivity contribution in [1.29, 1.82) is 0 Å². The molecule has 2 N–H and O–H groups in total. The summed E-state index contributed by atoms with van der Waals surface area (Å²) in [7, 11) is 1.78. The Bertz CT molecular complexity index is 936. The van der Waals surface area contributed by atoms with E-state index < -0.39 is 6.04 Å². The first kappa shape index (κ1) is 19.6. The number of unbranched alkanes of at least 4 members (excludes halogenated alkanes) is 1. The van der Waals surface area contributed by atoms with Crippen molar-refractivity contribution in [3.63, 3.8) is 0 Å². The highest BCUT2D eigenvalue weighted by Crippen LogP contribution is 2.15. The van der Waals surface area contributed by atoms with Gasteiger partial charge in [0, 0.05) is 19.0 Å². The second-order valence-electron chi connectivity index (χ2n) is 7.02. The average molecular weight is 378 g/mol. The van der Waals surface area contributed by atoms with E-state index in [2.05, 4.69) is 27.6 Å². The van der Waals surface area contributed by atoms with E-state index in [9.17, 15) is 9.59 Å². The molecule has 0 aliphatic rings. The van der Waals surface area contributed by atoms with E-state index in [-0.39, 0.29) is 11.8 Å². The Balaban J connectivity index is 1.47. The molecular formula is C22H26N4O2. The Labute approximate surface area is 164 Å². The number of H-pyrrole nitrogens is 1. The molecule has 3 rings (SSSR count). The van der Waals surface area contributed by atoms with Gasteiger partial charge >= 0.3 is 0 Å². The fraction of sp³-hybridized carbons (Fsp3) is 0.318. The molecule has 1 aromatic heterocycles. The van der Waals surface area contributed by atoms with Gasteiger partial charge in [0.05, 0.1) is 5.52 Å². The number of carbonyl (C=O) groups excluding carboxylic acids is 2. The van der Waals surface area contributed by atoms with Crippen molar-refractivity contribution < 1.29 is 9.59 Å². The molecule has 1 atom stereocenters. The summed E-state index contributed by atoms with van der Waals surface area (Å²) in [6, 6.07) is 17.1. The van der Waals surface area contributed by atoms with Crippen LogP contribution in [0.3, 0.4) is 0 Å². The zero-order valence-electron chi connectivity index (χ0n) is 16.3. The van der Waals surface area contributed by atoms with Crippen LogP contribution in [0.5, 0.6) is 0 Å². The maximum Gasteiger partial charge on any atom is 0.273 e. The van der Waals surface area contributed by atoms with Crippen LogP contribution < -0.4 is 5.32 Å². The summed E-state index contributed by atoms with van der Waals surface area (Å²) in [6.45, 7) is 2.37. The van der Waals surface area contributed by atoms with Gasteiger partial charge in [-0.2, -0.15) is 5.10 Å². The van der Waals surface area contributed by atoms with Gasteiger partial charge in [-0.05, 0) is 37.8 Å². The van der Waals surface area contributed by atoms with E-state index in [0.29, 0.717) is 12.2 Å². The standard InChI is InChI=1S/C22H26N4O2/c1-16(23-21(27)20-18-13-6-7-14-19(18)24-25-20)22(28)26(2)15-9-8-12-17-10-4-3-5-11-17/h3-7,10-11,13-14,16H,8-9,12,15H2,1-2H3,(H,23,27)(H,24,25). The first-order valence-electron chi connectivity index (χ1n) is 9.59. The van der Waals surface area contributed by atoms with Gasteiger partial charge < -0.3 is 10.2 Å². The van der Waals surface area contributed by atoms with Crippen molar-refractivity contribution in [2.24, 2.45) is 0 Å². The topological polar surface area (TPSA) is 78.1 Å². The summed E-state index contributed by atoms with van der Waals surface area (Å²) < 4.78 is 0. The van der Waals surface area contributed by atoms with E-state index in [4.69, 9.17) is 0 Å². The van der Waals surface area contributed by atoms with Gasteiger partial charge in [-0.1, -0.05) is 48.5 Å². The smallest absolute Gasteiger partial charge is 0.273 e. The van der Waals surface area contributed by atoms with Gasteiger partial charge in [-0.15, -0.1) is 0 Å². The molecule has 1 unspecified atom stereocenters. The molecule has 6 heteroatoms. The van der Waals surface area contributed by atoms with E-state index in [1.54, 1.807) is 18.9 Å². The van der Waals surface area contributed by atoms with Crippen LogP contribution >= 0.6 is 0 Å². The number of rotatable bonds is 8.